The topological polar surface area (TPSA) is 66.0 Å². The molecule has 0 radical (unpaired) electrons. The third kappa shape index (κ3) is 2.56. The lowest BCUT2D eigenvalue weighted by atomic mass is 10.0. The Bertz CT molecular complexity index is 810. The maximum Gasteiger partial charge on any atom is 0.231 e. The molecule has 0 aliphatic carbocycles. The van der Waals surface area contributed by atoms with E-state index in [1.807, 2.05) is 24.3 Å². The molecule has 1 aliphatic rings. The lowest BCUT2D eigenvalue weighted by molar-refractivity contribution is 0.174. The van der Waals surface area contributed by atoms with Gasteiger partial charge in [-0.05, 0) is 41.5 Å². The van der Waals surface area contributed by atoms with Crippen LogP contribution in [0.25, 0.3) is 11.6 Å². The standard InChI is InChI=1S/C17H10N2O2/c18-9-13-2-1-3-14(7-13)15(10-19)6-12-4-5-16-17(8-12)21-11-20-16/h1-8H,11H2. The maximum absolute atomic E-state index is 9.34. The van der Waals surface area contributed by atoms with Crippen molar-refractivity contribution in [2.24, 2.45) is 0 Å². The summed E-state index contributed by atoms with van der Waals surface area (Å²) in [5.41, 5.74) is 2.58. The summed E-state index contributed by atoms with van der Waals surface area (Å²) < 4.78 is 10.6. The van der Waals surface area contributed by atoms with E-state index in [-0.39, 0.29) is 6.79 Å². The van der Waals surface area contributed by atoms with Gasteiger partial charge in [0.1, 0.15) is 0 Å². The second-order valence-electron chi connectivity index (χ2n) is 4.48. The molecule has 0 amide bonds. The predicted octanol–water partition coefficient (Wildman–Crippen LogP) is 3.35. The smallest absolute Gasteiger partial charge is 0.231 e. The number of rotatable bonds is 2. The first-order chi connectivity index (χ1) is 10.3. The zero-order chi connectivity index (χ0) is 14.7. The summed E-state index contributed by atoms with van der Waals surface area (Å²) in [6, 6.07) is 16.7. The van der Waals surface area contributed by atoms with Gasteiger partial charge in [-0.1, -0.05) is 18.2 Å². The van der Waals surface area contributed by atoms with Crippen LogP contribution >= 0.6 is 0 Å². The third-order valence-electron chi connectivity index (χ3n) is 3.13. The van der Waals surface area contributed by atoms with Gasteiger partial charge in [0, 0.05) is 0 Å². The largest absolute Gasteiger partial charge is 0.454 e. The van der Waals surface area contributed by atoms with Crippen LogP contribution in [-0.2, 0) is 0 Å². The zero-order valence-corrected chi connectivity index (χ0v) is 11.0. The first kappa shape index (κ1) is 12.8. The van der Waals surface area contributed by atoms with E-state index >= 15 is 0 Å². The van der Waals surface area contributed by atoms with Crippen molar-refractivity contribution in [1.82, 2.24) is 0 Å². The van der Waals surface area contributed by atoms with E-state index in [2.05, 4.69) is 12.1 Å². The van der Waals surface area contributed by atoms with Gasteiger partial charge in [-0.25, -0.2) is 0 Å². The van der Waals surface area contributed by atoms with Crippen LogP contribution in [0.15, 0.2) is 42.5 Å². The summed E-state index contributed by atoms with van der Waals surface area (Å²) in [7, 11) is 0. The molecule has 0 fully saturated rings. The van der Waals surface area contributed by atoms with Crippen LogP contribution in [0.1, 0.15) is 16.7 Å². The third-order valence-corrected chi connectivity index (χ3v) is 3.13. The van der Waals surface area contributed by atoms with Crippen molar-refractivity contribution in [1.29, 1.82) is 10.5 Å². The van der Waals surface area contributed by atoms with Gasteiger partial charge in [0.15, 0.2) is 11.5 Å². The highest BCUT2D eigenvalue weighted by atomic mass is 16.7. The van der Waals surface area contributed by atoms with Crippen molar-refractivity contribution in [2.75, 3.05) is 6.79 Å². The monoisotopic (exact) mass is 274 g/mol. The summed E-state index contributed by atoms with van der Waals surface area (Å²) in [5, 5.41) is 18.3. The molecular formula is C17H10N2O2. The van der Waals surface area contributed by atoms with Gasteiger partial charge in [-0.3, -0.25) is 0 Å². The normalized spacial score (nSPS) is 12.6. The quantitative estimate of drug-likeness (QED) is 0.622. The minimum atomic E-state index is 0.220. The molecule has 0 aromatic heterocycles. The van der Waals surface area contributed by atoms with Crippen molar-refractivity contribution in [3.63, 3.8) is 0 Å². The Morgan fingerprint density at radius 2 is 1.90 bits per heavy atom. The van der Waals surface area contributed by atoms with Crippen LogP contribution in [0, 0.1) is 22.7 Å². The maximum atomic E-state index is 9.34. The van der Waals surface area contributed by atoms with Crippen molar-refractivity contribution in [3.05, 3.63) is 59.2 Å². The summed E-state index contributed by atoms with van der Waals surface area (Å²) >= 11 is 0. The Hall–Kier alpha value is -3.24. The van der Waals surface area contributed by atoms with Crippen LogP contribution in [0.3, 0.4) is 0 Å². The molecular weight excluding hydrogens is 264 g/mol. The zero-order valence-electron chi connectivity index (χ0n) is 11.0. The SMILES string of the molecule is N#CC(=Cc1ccc2c(c1)OCO2)c1cccc(C#N)c1. The van der Waals surface area contributed by atoms with Gasteiger partial charge in [0.2, 0.25) is 6.79 Å². The molecule has 2 aromatic carbocycles. The van der Waals surface area contributed by atoms with E-state index < -0.39 is 0 Å². The average molecular weight is 274 g/mol. The lowest BCUT2D eigenvalue weighted by Crippen LogP contribution is -1.92. The minimum absolute atomic E-state index is 0.220. The Morgan fingerprint density at radius 1 is 1.05 bits per heavy atom. The van der Waals surface area contributed by atoms with E-state index in [0.717, 1.165) is 5.56 Å². The highest BCUT2D eigenvalue weighted by Crippen LogP contribution is 2.33. The van der Waals surface area contributed by atoms with E-state index in [9.17, 15) is 5.26 Å². The second-order valence-corrected chi connectivity index (χ2v) is 4.48. The fourth-order valence-electron chi connectivity index (χ4n) is 2.11. The predicted molar refractivity (Wildman–Crippen MR) is 77.2 cm³/mol. The number of nitriles is 2. The van der Waals surface area contributed by atoms with Crippen molar-refractivity contribution in [3.8, 4) is 23.6 Å². The van der Waals surface area contributed by atoms with Crippen LogP contribution in [0.2, 0.25) is 0 Å². The van der Waals surface area contributed by atoms with Crippen molar-refractivity contribution < 1.29 is 9.47 Å². The van der Waals surface area contributed by atoms with Crippen LogP contribution in [0.5, 0.6) is 11.5 Å². The summed E-state index contributed by atoms with van der Waals surface area (Å²) in [5.74, 6) is 1.38. The van der Waals surface area contributed by atoms with Gasteiger partial charge >= 0.3 is 0 Å². The molecule has 21 heavy (non-hydrogen) atoms. The summed E-state index contributed by atoms with van der Waals surface area (Å²) in [4.78, 5) is 0. The van der Waals surface area contributed by atoms with Crippen LogP contribution < -0.4 is 9.47 Å². The highest BCUT2D eigenvalue weighted by molar-refractivity contribution is 5.90. The second kappa shape index (κ2) is 5.40. The minimum Gasteiger partial charge on any atom is -0.454 e. The van der Waals surface area contributed by atoms with E-state index in [1.54, 1.807) is 24.3 Å². The lowest BCUT2D eigenvalue weighted by Gasteiger charge is -2.02. The Balaban J connectivity index is 2.00. The molecule has 0 spiro atoms. The summed E-state index contributed by atoms with van der Waals surface area (Å²) in [6.07, 6.45) is 1.76. The van der Waals surface area contributed by atoms with E-state index in [4.69, 9.17) is 14.7 Å². The molecule has 0 saturated carbocycles. The van der Waals surface area contributed by atoms with Gasteiger partial charge in [-0.15, -0.1) is 0 Å². The average Bonchev–Trinajstić information content (AvgIpc) is 3.00. The Kier molecular flexibility index (Phi) is 3.29. The number of ether oxygens (including phenoxy) is 2. The first-order valence-corrected chi connectivity index (χ1v) is 6.32. The number of allylic oxidation sites excluding steroid dienone is 1. The van der Waals surface area contributed by atoms with Gasteiger partial charge in [0.25, 0.3) is 0 Å². The molecule has 100 valence electrons. The fourth-order valence-corrected chi connectivity index (χ4v) is 2.11. The molecule has 3 rings (SSSR count). The summed E-state index contributed by atoms with van der Waals surface area (Å²) in [6.45, 7) is 0.220. The number of nitrogens with zero attached hydrogens (tertiary/aromatic N) is 2. The molecule has 0 unspecified atom stereocenters. The van der Waals surface area contributed by atoms with Crippen LogP contribution in [0.4, 0.5) is 0 Å². The molecule has 1 aliphatic heterocycles. The van der Waals surface area contributed by atoms with E-state index in [1.165, 1.54) is 0 Å². The molecule has 4 nitrogen and oxygen atoms in total. The molecule has 2 aromatic rings. The fraction of sp³-hybridized carbons (Fsp3) is 0.0588. The number of fused-ring (bicyclic) bond motifs is 1. The Morgan fingerprint density at radius 3 is 2.71 bits per heavy atom. The van der Waals surface area contributed by atoms with E-state index in [0.29, 0.717) is 28.2 Å². The molecule has 0 N–H and O–H groups in total. The molecule has 0 atom stereocenters. The molecule has 0 saturated heterocycles. The number of hydrogen-bond donors (Lipinski definition) is 0. The van der Waals surface area contributed by atoms with Gasteiger partial charge in [-0.2, -0.15) is 10.5 Å². The molecule has 0 bridgehead atoms. The Labute approximate surface area is 122 Å². The van der Waals surface area contributed by atoms with Crippen LogP contribution in [-0.4, -0.2) is 6.79 Å². The van der Waals surface area contributed by atoms with Crippen molar-refractivity contribution in [2.45, 2.75) is 0 Å². The first-order valence-electron chi connectivity index (χ1n) is 6.32. The van der Waals surface area contributed by atoms with Crippen molar-refractivity contribution >= 4 is 11.6 Å². The molecule has 4 heteroatoms. The number of hydrogen-bond acceptors (Lipinski definition) is 4. The highest BCUT2D eigenvalue weighted by Gasteiger charge is 2.13. The molecule has 1 heterocycles. The number of benzene rings is 2. The van der Waals surface area contributed by atoms with Gasteiger partial charge < -0.3 is 9.47 Å². The van der Waals surface area contributed by atoms with Gasteiger partial charge in [0.05, 0.1) is 23.3 Å².